The molecule has 0 spiro atoms. The van der Waals surface area contributed by atoms with Crippen LogP contribution >= 0.6 is 11.8 Å². The van der Waals surface area contributed by atoms with Gasteiger partial charge in [0.15, 0.2) is 11.5 Å². The molecule has 5 nitrogen and oxygen atoms in total. The number of ether oxygens (including phenoxy) is 3. The van der Waals surface area contributed by atoms with Gasteiger partial charge in [0.05, 0.1) is 26.6 Å². The minimum atomic E-state index is -0.195. The first-order chi connectivity index (χ1) is 13.1. The van der Waals surface area contributed by atoms with Gasteiger partial charge in [0, 0.05) is 11.4 Å². The van der Waals surface area contributed by atoms with E-state index in [1.54, 1.807) is 21.3 Å². The minimum Gasteiger partial charge on any atom is -0.497 e. The molecule has 0 aliphatic heterocycles. The highest BCUT2D eigenvalue weighted by molar-refractivity contribution is 8.00. The summed E-state index contributed by atoms with van der Waals surface area (Å²) in [6.45, 7) is 2.55. The van der Waals surface area contributed by atoms with Crippen LogP contribution in [-0.2, 0) is 11.2 Å². The molecule has 0 bridgehead atoms. The number of benzene rings is 2. The second kappa shape index (κ2) is 10.7. The lowest BCUT2D eigenvalue weighted by Gasteiger charge is -2.14. The Morgan fingerprint density at radius 2 is 1.81 bits per heavy atom. The summed E-state index contributed by atoms with van der Waals surface area (Å²) in [4.78, 5) is 13.3. The van der Waals surface area contributed by atoms with Crippen molar-refractivity contribution in [3.05, 3.63) is 48.0 Å². The van der Waals surface area contributed by atoms with E-state index in [-0.39, 0.29) is 11.2 Å². The second-order valence-corrected chi connectivity index (χ2v) is 7.44. The molecule has 6 heteroatoms. The van der Waals surface area contributed by atoms with Gasteiger partial charge in [0.2, 0.25) is 5.91 Å². The van der Waals surface area contributed by atoms with Gasteiger partial charge >= 0.3 is 0 Å². The number of thioether (sulfide) groups is 1. The lowest BCUT2D eigenvalue weighted by Crippen LogP contribution is -2.31. The number of carbonyl (C=O) groups excluding carboxylic acids is 1. The van der Waals surface area contributed by atoms with Crippen molar-refractivity contribution in [2.24, 2.45) is 0 Å². The molecule has 0 aliphatic rings. The van der Waals surface area contributed by atoms with Gasteiger partial charge in [-0.1, -0.05) is 12.1 Å². The molecule has 1 atom stereocenters. The maximum atomic E-state index is 12.3. The lowest BCUT2D eigenvalue weighted by atomic mass is 10.1. The molecule has 0 unspecified atom stereocenters. The Bertz CT molecular complexity index is 751. The molecule has 0 saturated heterocycles. The van der Waals surface area contributed by atoms with Gasteiger partial charge in [0.25, 0.3) is 0 Å². The molecule has 2 rings (SSSR count). The van der Waals surface area contributed by atoms with Crippen molar-refractivity contribution in [1.29, 1.82) is 0 Å². The van der Waals surface area contributed by atoms with Crippen molar-refractivity contribution in [3.8, 4) is 17.2 Å². The van der Waals surface area contributed by atoms with Gasteiger partial charge in [-0.2, -0.15) is 0 Å². The summed E-state index contributed by atoms with van der Waals surface area (Å²) in [6.07, 6.45) is 1.78. The fourth-order valence-corrected chi connectivity index (χ4v) is 3.54. The summed E-state index contributed by atoms with van der Waals surface area (Å²) in [7, 11) is 4.87. The Kier molecular flexibility index (Phi) is 8.33. The zero-order valence-electron chi connectivity index (χ0n) is 16.3. The minimum absolute atomic E-state index is 0.0282. The molecule has 0 heterocycles. The van der Waals surface area contributed by atoms with E-state index in [9.17, 15) is 4.79 Å². The highest BCUT2D eigenvalue weighted by Gasteiger charge is 2.15. The number of methoxy groups -OCH3 is 3. The van der Waals surface area contributed by atoms with Crippen molar-refractivity contribution in [1.82, 2.24) is 5.32 Å². The molecular weight excluding hydrogens is 362 g/mol. The fraction of sp³-hybridized carbons (Fsp3) is 0.381. The van der Waals surface area contributed by atoms with E-state index < -0.39 is 0 Å². The molecular formula is C21H27NO4S. The first kappa shape index (κ1) is 21.0. The zero-order valence-corrected chi connectivity index (χ0v) is 17.1. The smallest absolute Gasteiger partial charge is 0.233 e. The number of hydrogen-bond acceptors (Lipinski definition) is 5. The van der Waals surface area contributed by atoms with Gasteiger partial charge in [-0.15, -0.1) is 11.8 Å². The van der Waals surface area contributed by atoms with Crippen LogP contribution in [0, 0.1) is 0 Å². The number of rotatable bonds is 10. The fourth-order valence-electron chi connectivity index (χ4n) is 2.62. The quantitative estimate of drug-likeness (QED) is 0.493. The number of aryl methyl sites for hydroxylation is 1. The Balaban J connectivity index is 1.78. The van der Waals surface area contributed by atoms with Gasteiger partial charge in [-0.05, 0) is 55.7 Å². The predicted octanol–water partition coefficient (Wildman–Crippen LogP) is 3.94. The summed E-state index contributed by atoms with van der Waals surface area (Å²) in [5.74, 6) is 2.22. The molecule has 146 valence electrons. The molecule has 2 aromatic rings. The Hall–Kier alpha value is -2.34. The van der Waals surface area contributed by atoms with Crippen LogP contribution < -0.4 is 19.5 Å². The molecule has 0 radical (unpaired) electrons. The van der Waals surface area contributed by atoms with E-state index in [4.69, 9.17) is 14.2 Å². The molecule has 2 aromatic carbocycles. The molecule has 1 N–H and O–H groups in total. The van der Waals surface area contributed by atoms with E-state index in [0.717, 1.165) is 23.5 Å². The number of hydrogen-bond donors (Lipinski definition) is 1. The van der Waals surface area contributed by atoms with Gasteiger partial charge < -0.3 is 19.5 Å². The third-order valence-electron chi connectivity index (χ3n) is 4.11. The van der Waals surface area contributed by atoms with E-state index in [1.165, 1.54) is 17.3 Å². The molecule has 0 saturated carbocycles. The Morgan fingerprint density at radius 3 is 2.52 bits per heavy atom. The van der Waals surface area contributed by atoms with Crippen LogP contribution in [0.1, 0.15) is 18.9 Å². The topological polar surface area (TPSA) is 56.8 Å². The maximum absolute atomic E-state index is 12.3. The van der Waals surface area contributed by atoms with Crippen molar-refractivity contribution >= 4 is 17.7 Å². The highest BCUT2D eigenvalue weighted by atomic mass is 32.2. The monoisotopic (exact) mass is 389 g/mol. The molecule has 0 fully saturated rings. The molecule has 0 aliphatic carbocycles. The average molecular weight is 390 g/mol. The maximum Gasteiger partial charge on any atom is 0.233 e. The second-order valence-electron chi connectivity index (χ2n) is 6.02. The third kappa shape index (κ3) is 6.40. The molecule has 0 aromatic heterocycles. The Morgan fingerprint density at radius 1 is 1.04 bits per heavy atom. The lowest BCUT2D eigenvalue weighted by molar-refractivity contribution is -0.120. The summed E-state index contributed by atoms with van der Waals surface area (Å²) in [6, 6.07) is 13.7. The molecule has 1 amide bonds. The van der Waals surface area contributed by atoms with Crippen molar-refractivity contribution in [3.63, 3.8) is 0 Å². The highest BCUT2D eigenvalue weighted by Crippen LogP contribution is 2.33. The zero-order chi connectivity index (χ0) is 19.6. The van der Waals surface area contributed by atoms with Gasteiger partial charge in [-0.3, -0.25) is 4.79 Å². The van der Waals surface area contributed by atoms with Crippen LogP contribution in [0.4, 0.5) is 0 Å². The average Bonchev–Trinajstić information content (AvgIpc) is 2.70. The van der Waals surface area contributed by atoms with E-state index in [0.29, 0.717) is 18.0 Å². The van der Waals surface area contributed by atoms with Crippen LogP contribution in [-0.4, -0.2) is 39.0 Å². The number of carbonyl (C=O) groups is 1. The number of nitrogens with one attached hydrogen (secondary N) is 1. The first-order valence-corrected chi connectivity index (χ1v) is 9.74. The van der Waals surface area contributed by atoms with Crippen molar-refractivity contribution in [2.45, 2.75) is 29.9 Å². The standard InChI is InChI=1S/C21H27NO4S/c1-15(27-18-10-11-19(25-3)20(14-18)26-4)21(23)22-12-6-8-16-7-5-9-17(13-16)24-2/h5,7,9-11,13-15H,6,8,12H2,1-4H3,(H,22,23)/t15-/m0/s1. The SMILES string of the molecule is COc1cccc(CCCNC(=O)[C@H](C)Sc2ccc(OC)c(OC)c2)c1. The van der Waals surface area contributed by atoms with Crippen LogP contribution in [0.25, 0.3) is 0 Å². The van der Waals surface area contributed by atoms with Crippen molar-refractivity contribution in [2.75, 3.05) is 27.9 Å². The van der Waals surface area contributed by atoms with Crippen LogP contribution in [0.2, 0.25) is 0 Å². The number of amides is 1. The van der Waals surface area contributed by atoms with Crippen molar-refractivity contribution < 1.29 is 19.0 Å². The molecule has 27 heavy (non-hydrogen) atoms. The summed E-state index contributed by atoms with van der Waals surface area (Å²) >= 11 is 1.50. The van der Waals surface area contributed by atoms with Crippen LogP contribution in [0.3, 0.4) is 0 Å². The third-order valence-corrected chi connectivity index (χ3v) is 5.21. The normalized spacial score (nSPS) is 11.6. The van der Waals surface area contributed by atoms with Gasteiger partial charge in [0.1, 0.15) is 5.75 Å². The van der Waals surface area contributed by atoms with E-state index in [2.05, 4.69) is 11.4 Å². The van der Waals surface area contributed by atoms with E-state index >= 15 is 0 Å². The van der Waals surface area contributed by atoms with Gasteiger partial charge in [-0.25, -0.2) is 0 Å². The largest absolute Gasteiger partial charge is 0.497 e. The summed E-state index contributed by atoms with van der Waals surface area (Å²) in [5, 5.41) is 2.81. The van der Waals surface area contributed by atoms with Crippen LogP contribution in [0.15, 0.2) is 47.4 Å². The van der Waals surface area contributed by atoms with Crippen LogP contribution in [0.5, 0.6) is 17.2 Å². The predicted molar refractivity (Wildman–Crippen MR) is 109 cm³/mol. The summed E-state index contributed by atoms with van der Waals surface area (Å²) < 4.78 is 15.8. The Labute approximate surface area is 165 Å². The summed E-state index contributed by atoms with van der Waals surface area (Å²) in [5.41, 5.74) is 1.20. The van der Waals surface area contributed by atoms with E-state index in [1.807, 2.05) is 43.3 Å². The first-order valence-electron chi connectivity index (χ1n) is 8.86.